The molecule has 2 aromatic carbocycles. The van der Waals surface area contributed by atoms with Crippen LogP contribution in [0.15, 0.2) is 60.7 Å². The highest BCUT2D eigenvalue weighted by Gasteiger charge is 2.52. The van der Waals surface area contributed by atoms with E-state index in [2.05, 4.69) is 55.4 Å². The van der Waals surface area contributed by atoms with Crippen molar-refractivity contribution in [2.75, 3.05) is 0 Å². The molecule has 2 aliphatic rings. The third-order valence-electron chi connectivity index (χ3n) is 9.93. The summed E-state index contributed by atoms with van der Waals surface area (Å²) in [5.74, 6) is -1.27. The normalized spacial score (nSPS) is 25.2. The van der Waals surface area contributed by atoms with E-state index in [-0.39, 0.29) is 61.1 Å². The van der Waals surface area contributed by atoms with E-state index in [9.17, 15) is 19.2 Å². The van der Waals surface area contributed by atoms with Gasteiger partial charge in [-0.1, -0.05) is 91.8 Å². The van der Waals surface area contributed by atoms with Crippen molar-refractivity contribution in [3.63, 3.8) is 0 Å². The molecule has 2 aromatic rings. The van der Waals surface area contributed by atoms with E-state index in [1.165, 1.54) is 0 Å². The van der Waals surface area contributed by atoms with E-state index in [1.807, 2.05) is 36.4 Å². The van der Waals surface area contributed by atoms with Crippen LogP contribution in [-0.2, 0) is 28.5 Å². The predicted molar refractivity (Wildman–Crippen MR) is 183 cm³/mol. The zero-order valence-electron chi connectivity index (χ0n) is 30.0. The molecule has 8 heteroatoms. The maximum Gasteiger partial charge on any atom is 0.338 e. The number of carbonyl (C=O) groups excluding carboxylic acids is 4. The molecule has 0 saturated heterocycles. The molecule has 0 bridgehead atoms. The molecule has 0 unspecified atom stereocenters. The van der Waals surface area contributed by atoms with Crippen molar-refractivity contribution >= 4 is 23.9 Å². The number of esters is 4. The van der Waals surface area contributed by atoms with Crippen LogP contribution in [0.2, 0.25) is 0 Å². The Bertz CT molecular complexity index is 1280. The van der Waals surface area contributed by atoms with Crippen molar-refractivity contribution in [3.8, 4) is 0 Å². The predicted octanol–water partition coefficient (Wildman–Crippen LogP) is 8.51. The lowest BCUT2D eigenvalue weighted by molar-refractivity contribution is -0.181. The lowest BCUT2D eigenvalue weighted by atomic mass is 9.61. The Morgan fingerprint density at radius 1 is 0.500 bits per heavy atom. The molecule has 0 amide bonds. The zero-order chi connectivity index (χ0) is 35.3. The largest absolute Gasteiger partial charge is 0.461 e. The quantitative estimate of drug-likeness (QED) is 0.134. The minimum atomic E-state index is -0.401. The minimum Gasteiger partial charge on any atom is -0.461 e. The number of rotatable bonds is 11. The fourth-order valence-electron chi connectivity index (χ4n) is 8.35. The second kappa shape index (κ2) is 14.8. The van der Waals surface area contributed by atoms with Crippen molar-refractivity contribution < 1.29 is 38.1 Å². The summed E-state index contributed by atoms with van der Waals surface area (Å²) in [5, 5.41) is 0. The van der Waals surface area contributed by atoms with Crippen LogP contribution >= 0.6 is 0 Å². The zero-order valence-corrected chi connectivity index (χ0v) is 30.0. The van der Waals surface area contributed by atoms with Crippen LogP contribution in [0.1, 0.15) is 127 Å². The molecule has 2 aliphatic carbocycles. The maximum absolute atomic E-state index is 13.0. The van der Waals surface area contributed by atoms with Gasteiger partial charge in [-0.2, -0.15) is 0 Å². The summed E-state index contributed by atoms with van der Waals surface area (Å²) in [5.41, 5.74) is -0.565. The first-order valence-corrected chi connectivity index (χ1v) is 17.3. The smallest absolute Gasteiger partial charge is 0.338 e. The van der Waals surface area contributed by atoms with Crippen molar-refractivity contribution in [3.05, 3.63) is 71.8 Å². The summed E-state index contributed by atoms with van der Waals surface area (Å²) in [6.07, 6.45) is 2.52. The topological polar surface area (TPSA) is 105 Å². The Balaban J connectivity index is 1.22. The summed E-state index contributed by atoms with van der Waals surface area (Å²) in [7, 11) is 0. The lowest BCUT2D eigenvalue weighted by Gasteiger charge is -2.50. The molecule has 4 rings (SSSR count). The van der Waals surface area contributed by atoms with Gasteiger partial charge in [-0.05, 0) is 62.8 Å². The van der Waals surface area contributed by atoms with Crippen LogP contribution in [0.25, 0.3) is 0 Å². The van der Waals surface area contributed by atoms with Crippen LogP contribution in [0.5, 0.6) is 0 Å². The van der Waals surface area contributed by atoms with Crippen molar-refractivity contribution in [1.82, 2.24) is 0 Å². The monoisotopic (exact) mass is 662 g/mol. The van der Waals surface area contributed by atoms with Gasteiger partial charge in [0.05, 0.1) is 11.1 Å². The second-order valence-corrected chi connectivity index (χ2v) is 16.5. The summed E-state index contributed by atoms with van der Waals surface area (Å²) in [6, 6.07) is 17.9. The van der Waals surface area contributed by atoms with Crippen molar-refractivity contribution in [2.45, 2.75) is 131 Å². The first kappa shape index (κ1) is 37.1. The number of hydrogen-bond acceptors (Lipinski definition) is 8. The molecule has 0 aromatic heterocycles. The van der Waals surface area contributed by atoms with Crippen molar-refractivity contribution in [2.24, 2.45) is 21.7 Å². The Hall–Kier alpha value is -3.68. The first-order chi connectivity index (χ1) is 22.4. The number of unbranched alkanes of at least 4 members (excludes halogenated alkanes) is 1. The molecular formula is C40H54O8. The Labute approximate surface area is 286 Å². The molecule has 8 nitrogen and oxygen atoms in total. The fourth-order valence-corrected chi connectivity index (χ4v) is 8.35. The number of hydrogen-bond donors (Lipinski definition) is 0. The van der Waals surface area contributed by atoms with E-state index >= 15 is 0 Å². The Kier molecular flexibility index (Phi) is 11.5. The Morgan fingerprint density at radius 3 is 1.08 bits per heavy atom. The highest BCUT2D eigenvalue weighted by Crippen LogP contribution is 2.50. The van der Waals surface area contributed by atoms with E-state index in [1.54, 1.807) is 24.3 Å². The van der Waals surface area contributed by atoms with E-state index in [0.29, 0.717) is 49.7 Å². The van der Waals surface area contributed by atoms with Gasteiger partial charge in [0.25, 0.3) is 0 Å². The summed E-state index contributed by atoms with van der Waals surface area (Å²) in [4.78, 5) is 51.4. The van der Waals surface area contributed by atoms with Crippen LogP contribution in [-0.4, -0.2) is 48.3 Å². The number of benzene rings is 2. The van der Waals surface area contributed by atoms with Gasteiger partial charge in [-0.3, -0.25) is 9.59 Å². The average Bonchev–Trinajstić information content (AvgIpc) is 2.99. The van der Waals surface area contributed by atoms with Crippen LogP contribution in [0.3, 0.4) is 0 Å². The highest BCUT2D eigenvalue weighted by molar-refractivity contribution is 5.90. The second-order valence-electron chi connectivity index (χ2n) is 16.5. The SMILES string of the molecule is CC1(C)CC(OC(=O)c2ccccc2)CC(C)(C)C1OC(=O)CCCCC(=O)OC1C(C)(C)CC(OC(=O)c2ccccc2)CC1(C)C. The maximum atomic E-state index is 13.0. The molecule has 0 aliphatic heterocycles. The Morgan fingerprint density at radius 2 is 0.792 bits per heavy atom. The molecule has 0 atom stereocenters. The van der Waals surface area contributed by atoms with Gasteiger partial charge in [0.15, 0.2) is 0 Å². The highest BCUT2D eigenvalue weighted by atomic mass is 16.6. The molecular weight excluding hydrogens is 608 g/mol. The van der Waals surface area contributed by atoms with Crippen LogP contribution < -0.4 is 0 Å². The summed E-state index contributed by atoms with van der Waals surface area (Å²) >= 11 is 0. The molecule has 2 fully saturated rings. The van der Waals surface area contributed by atoms with Gasteiger partial charge >= 0.3 is 23.9 Å². The van der Waals surface area contributed by atoms with Crippen molar-refractivity contribution in [1.29, 1.82) is 0 Å². The standard InChI is InChI=1S/C40H54O8/c1-37(2)23-29(45-33(43)27-17-11-9-12-18-27)24-38(3,4)35(37)47-31(41)21-15-16-22-32(42)48-36-39(5,6)25-30(26-40(36,7)8)46-34(44)28-19-13-10-14-20-28/h9-14,17-20,29-30,35-36H,15-16,21-26H2,1-8H3. The third-order valence-corrected chi connectivity index (χ3v) is 9.93. The van der Waals surface area contributed by atoms with E-state index < -0.39 is 21.7 Å². The molecule has 2 saturated carbocycles. The molecule has 0 radical (unpaired) electrons. The van der Waals surface area contributed by atoms with E-state index in [4.69, 9.17) is 18.9 Å². The van der Waals surface area contributed by atoms with Gasteiger partial charge in [-0.25, -0.2) is 9.59 Å². The molecule has 0 N–H and O–H groups in total. The molecule has 0 spiro atoms. The van der Waals surface area contributed by atoms with Gasteiger partial charge < -0.3 is 18.9 Å². The van der Waals surface area contributed by atoms with Gasteiger partial charge in [0, 0.05) is 34.5 Å². The van der Waals surface area contributed by atoms with E-state index in [0.717, 1.165) is 0 Å². The summed E-state index contributed by atoms with van der Waals surface area (Å²) < 4.78 is 23.9. The minimum absolute atomic E-state index is 0.206. The van der Waals surface area contributed by atoms with Gasteiger partial charge in [-0.15, -0.1) is 0 Å². The molecule has 0 heterocycles. The number of ether oxygens (including phenoxy) is 4. The molecule has 48 heavy (non-hydrogen) atoms. The lowest BCUT2D eigenvalue weighted by Crippen LogP contribution is -2.53. The fraction of sp³-hybridized carbons (Fsp3) is 0.600. The summed E-state index contributed by atoms with van der Waals surface area (Å²) in [6.45, 7) is 16.4. The first-order valence-electron chi connectivity index (χ1n) is 17.3. The average molecular weight is 663 g/mol. The van der Waals surface area contributed by atoms with Crippen LogP contribution in [0.4, 0.5) is 0 Å². The van der Waals surface area contributed by atoms with Crippen LogP contribution in [0, 0.1) is 21.7 Å². The molecule has 262 valence electrons. The van der Waals surface area contributed by atoms with Gasteiger partial charge in [0.2, 0.25) is 0 Å². The third kappa shape index (κ3) is 9.48. The number of carbonyl (C=O) groups is 4. The van der Waals surface area contributed by atoms with Gasteiger partial charge in [0.1, 0.15) is 24.4 Å².